The van der Waals surface area contributed by atoms with Gasteiger partial charge in [0, 0.05) is 13.1 Å². The molecule has 1 rings (SSSR count). The molecule has 0 bridgehead atoms. The molecule has 6 nitrogen and oxygen atoms in total. The van der Waals surface area contributed by atoms with Crippen molar-refractivity contribution in [2.75, 3.05) is 12.4 Å². The van der Waals surface area contributed by atoms with Gasteiger partial charge in [0.15, 0.2) is 5.56 Å². The molecule has 0 fully saturated rings. The number of nitrogens with zero attached hydrogens (tertiary/aromatic N) is 1. The summed E-state index contributed by atoms with van der Waals surface area (Å²) in [6, 6.07) is 4.05. The number of nitro groups is 1. The average molecular weight is 196 g/mol. The first kappa shape index (κ1) is 9.97. The van der Waals surface area contributed by atoms with Gasteiger partial charge in [-0.25, -0.2) is 4.79 Å². The Labute approximate surface area is 79.3 Å². The number of anilines is 1. The third-order valence-electron chi connectivity index (χ3n) is 1.72. The summed E-state index contributed by atoms with van der Waals surface area (Å²) >= 11 is 0. The van der Waals surface area contributed by atoms with E-state index in [9.17, 15) is 14.9 Å². The van der Waals surface area contributed by atoms with E-state index >= 15 is 0 Å². The van der Waals surface area contributed by atoms with Gasteiger partial charge in [0.2, 0.25) is 0 Å². The first-order valence-corrected chi connectivity index (χ1v) is 3.76. The van der Waals surface area contributed by atoms with E-state index in [2.05, 4.69) is 5.32 Å². The number of carboxylic acids is 1. The van der Waals surface area contributed by atoms with Crippen LogP contribution in [0.15, 0.2) is 18.2 Å². The molecule has 0 aliphatic rings. The number of carboxylic acid groups (broad SMARTS) is 1. The third kappa shape index (κ3) is 1.63. The molecular formula is C8H8N2O4. The highest BCUT2D eigenvalue weighted by Crippen LogP contribution is 2.25. The Morgan fingerprint density at radius 2 is 2.21 bits per heavy atom. The molecule has 0 atom stereocenters. The Morgan fingerprint density at radius 1 is 1.57 bits per heavy atom. The number of hydrogen-bond acceptors (Lipinski definition) is 4. The first-order valence-electron chi connectivity index (χ1n) is 3.76. The molecule has 74 valence electrons. The van der Waals surface area contributed by atoms with E-state index in [4.69, 9.17) is 5.11 Å². The predicted octanol–water partition coefficient (Wildman–Crippen LogP) is 1.33. The van der Waals surface area contributed by atoms with Crippen molar-refractivity contribution in [1.82, 2.24) is 0 Å². The minimum Gasteiger partial charge on any atom is -0.477 e. The fraction of sp³-hybridized carbons (Fsp3) is 0.125. The summed E-state index contributed by atoms with van der Waals surface area (Å²) in [5, 5.41) is 21.9. The van der Waals surface area contributed by atoms with E-state index < -0.39 is 16.6 Å². The number of rotatable bonds is 3. The lowest BCUT2D eigenvalue weighted by Crippen LogP contribution is -2.06. The molecule has 0 aliphatic carbocycles. The number of benzene rings is 1. The molecule has 6 heteroatoms. The molecule has 14 heavy (non-hydrogen) atoms. The molecule has 0 aromatic heterocycles. The molecule has 0 heterocycles. The fourth-order valence-corrected chi connectivity index (χ4v) is 1.13. The second-order valence-electron chi connectivity index (χ2n) is 2.51. The van der Waals surface area contributed by atoms with Gasteiger partial charge in [-0.2, -0.15) is 0 Å². The van der Waals surface area contributed by atoms with E-state index in [-0.39, 0.29) is 11.3 Å². The van der Waals surface area contributed by atoms with Crippen molar-refractivity contribution in [3.8, 4) is 0 Å². The zero-order valence-electron chi connectivity index (χ0n) is 7.35. The van der Waals surface area contributed by atoms with Crippen molar-refractivity contribution in [3.63, 3.8) is 0 Å². The lowest BCUT2D eigenvalue weighted by Gasteiger charge is -2.04. The quantitative estimate of drug-likeness (QED) is 0.562. The number of nitrogens with one attached hydrogen (secondary N) is 1. The van der Waals surface area contributed by atoms with Gasteiger partial charge in [-0.05, 0) is 6.07 Å². The summed E-state index contributed by atoms with van der Waals surface area (Å²) in [6.07, 6.45) is 0. The Balaban J connectivity index is 3.43. The summed E-state index contributed by atoms with van der Waals surface area (Å²) < 4.78 is 0. The van der Waals surface area contributed by atoms with Crippen molar-refractivity contribution >= 4 is 17.3 Å². The van der Waals surface area contributed by atoms with Crippen molar-refractivity contribution in [3.05, 3.63) is 33.9 Å². The fourth-order valence-electron chi connectivity index (χ4n) is 1.13. The molecule has 1 aromatic rings. The van der Waals surface area contributed by atoms with E-state index in [1.54, 1.807) is 0 Å². The number of aromatic carboxylic acids is 1. The van der Waals surface area contributed by atoms with Crippen LogP contribution in [0, 0.1) is 10.1 Å². The molecule has 0 saturated carbocycles. The Bertz CT molecular complexity index is 389. The first-order chi connectivity index (χ1) is 6.57. The molecule has 2 N–H and O–H groups in total. The third-order valence-corrected chi connectivity index (χ3v) is 1.72. The van der Waals surface area contributed by atoms with Gasteiger partial charge in [-0.3, -0.25) is 10.1 Å². The van der Waals surface area contributed by atoms with Crippen LogP contribution in [0.25, 0.3) is 0 Å². The Hall–Kier alpha value is -2.11. The number of carbonyl (C=O) groups is 1. The maximum atomic E-state index is 10.8. The van der Waals surface area contributed by atoms with E-state index in [1.807, 2.05) is 0 Å². The van der Waals surface area contributed by atoms with Crippen LogP contribution in [0.2, 0.25) is 0 Å². The maximum absolute atomic E-state index is 10.8. The number of nitro benzene ring substituents is 1. The maximum Gasteiger partial charge on any atom is 0.344 e. The molecule has 0 spiro atoms. The highest BCUT2D eigenvalue weighted by atomic mass is 16.6. The Morgan fingerprint density at radius 3 is 2.64 bits per heavy atom. The van der Waals surface area contributed by atoms with Crippen LogP contribution in [0.4, 0.5) is 11.4 Å². The topological polar surface area (TPSA) is 92.5 Å². The predicted molar refractivity (Wildman–Crippen MR) is 49.6 cm³/mol. The monoisotopic (exact) mass is 196 g/mol. The highest BCUT2D eigenvalue weighted by Gasteiger charge is 2.22. The lowest BCUT2D eigenvalue weighted by atomic mass is 10.1. The van der Waals surface area contributed by atoms with E-state index in [0.717, 1.165) is 6.07 Å². The molecule has 0 aliphatic heterocycles. The van der Waals surface area contributed by atoms with Crippen LogP contribution in [0.3, 0.4) is 0 Å². The molecule has 1 aromatic carbocycles. The number of hydrogen-bond donors (Lipinski definition) is 2. The van der Waals surface area contributed by atoms with Crippen LogP contribution < -0.4 is 5.32 Å². The second-order valence-corrected chi connectivity index (χ2v) is 2.51. The summed E-state index contributed by atoms with van der Waals surface area (Å²) in [6.45, 7) is 0. The van der Waals surface area contributed by atoms with Crippen molar-refractivity contribution < 1.29 is 14.8 Å². The van der Waals surface area contributed by atoms with Crippen LogP contribution in [-0.4, -0.2) is 23.0 Å². The van der Waals surface area contributed by atoms with Gasteiger partial charge in [-0.1, -0.05) is 6.07 Å². The van der Waals surface area contributed by atoms with Crippen LogP contribution in [-0.2, 0) is 0 Å². The summed E-state index contributed by atoms with van der Waals surface area (Å²) in [5.41, 5.74) is -0.504. The van der Waals surface area contributed by atoms with Crippen molar-refractivity contribution in [2.45, 2.75) is 0 Å². The van der Waals surface area contributed by atoms with Crippen LogP contribution >= 0.6 is 0 Å². The zero-order chi connectivity index (χ0) is 10.7. The average Bonchev–Trinajstić information content (AvgIpc) is 2.16. The smallest absolute Gasteiger partial charge is 0.344 e. The largest absolute Gasteiger partial charge is 0.477 e. The zero-order valence-corrected chi connectivity index (χ0v) is 7.35. The van der Waals surface area contributed by atoms with Gasteiger partial charge in [0.25, 0.3) is 5.69 Å². The molecular weight excluding hydrogens is 188 g/mol. The normalized spacial score (nSPS) is 9.50. The minimum absolute atomic E-state index is 0.228. The van der Waals surface area contributed by atoms with Gasteiger partial charge < -0.3 is 10.4 Å². The lowest BCUT2D eigenvalue weighted by molar-refractivity contribution is -0.385. The van der Waals surface area contributed by atoms with E-state index in [1.165, 1.54) is 19.2 Å². The second kappa shape index (κ2) is 3.73. The van der Waals surface area contributed by atoms with Gasteiger partial charge in [0.1, 0.15) is 0 Å². The molecule has 0 amide bonds. The van der Waals surface area contributed by atoms with Crippen LogP contribution in [0.5, 0.6) is 0 Å². The van der Waals surface area contributed by atoms with Gasteiger partial charge in [0.05, 0.1) is 10.6 Å². The summed E-state index contributed by atoms with van der Waals surface area (Å²) in [7, 11) is 1.51. The Kier molecular flexibility index (Phi) is 2.66. The molecule has 0 unspecified atom stereocenters. The minimum atomic E-state index is -1.32. The standard InChI is InChI=1S/C8H8N2O4/c1-9-5-3-2-4-6(10(13)14)7(5)8(11)12/h2-4,9H,1H3,(H,11,12). The highest BCUT2D eigenvalue weighted by molar-refractivity contribution is 5.98. The SMILES string of the molecule is CNc1cccc([N+](=O)[O-])c1C(=O)O. The van der Waals surface area contributed by atoms with Gasteiger partial charge in [-0.15, -0.1) is 0 Å². The van der Waals surface area contributed by atoms with Crippen molar-refractivity contribution in [1.29, 1.82) is 0 Å². The van der Waals surface area contributed by atoms with E-state index in [0.29, 0.717) is 0 Å². The molecule has 0 saturated heterocycles. The van der Waals surface area contributed by atoms with Gasteiger partial charge >= 0.3 is 5.97 Å². The van der Waals surface area contributed by atoms with Crippen LogP contribution in [0.1, 0.15) is 10.4 Å². The molecule has 0 radical (unpaired) electrons. The van der Waals surface area contributed by atoms with Crippen molar-refractivity contribution in [2.24, 2.45) is 0 Å². The summed E-state index contributed by atoms with van der Waals surface area (Å²) in [5.74, 6) is -1.32. The summed E-state index contributed by atoms with van der Waals surface area (Å²) in [4.78, 5) is 20.6.